The van der Waals surface area contributed by atoms with Crippen molar-refractivity contribution < 1.29 is 18.9 Å². The molecular weight excluding hydrogens is 222 g/mol. The molecule has 17 heavy (non-hydrogen) atoms. The number of pyridine rings is 1. The van der Waals surface area contributed by atoms with Gasteiger partial charge < -0.3 is 18.9 Å². The standard InChI is InChI=1S/C12H11NO4/c1-14-9-5-12(15-2)13-8-4-11-10(3-7(8)9)16-6-17-11/h3-5H,6H2,1-2H3. The van der Waals surface area contributed by atoms with E-state index in [0.717, 1.165) is 10.9 Å². The molecule has 0 saturated carbocycles. The van der Waals surface area contributed by atoms with Gasteiger partial charge in [-0.1, -0.05) is 0 Å². The molecule has 1 aromatic heterocycles. The molecule has 1 aromatic carbocycles. The highest BCUT2D eigenvalue weighted by Gasteiger charge is 2.17. The Bertz CT molecular complexity index is 582. The normalized spacial score (nSPS) is 12.8. The number of nitrogens with zero attached hydrogens (tertiary/aromatic N) is 1. The maximum absolute atomic E-state index is 5.33. The first-order chi connectivity index (χ1) is 8.31. The van der Waals surface area contributed by atoms with Gasteiger partial charge in [0.2, 0.25) is 12.7 Å². The Labute approximate surface area is 97.9 Å². The fraction of sp³-hybridized carbons (Fsp3) is 0.250. The Morgan fingerprint density at radius 1 is 1.06 bits per heavy atom. The van der Waals surface area contributed by atoms with Crippen molar-refractivity contribution in [2.75, 3.05) is 21.0 Å². The largest absolute Gasteiger partial charge is 0.496 e. The SMILES string of the molecule is COc1cc(OC)c2cc3c(cc2n1)OCO3. The van der Waals surface area contributed by atoms with Crippen LogP contribution in [0.1, 0.15) is 0 Å². The minimum absolute atomic E-state index is 0.241. The van der Waals surface area contributed by atoms with Crippen LogP contribution in [0.4, 0.5) is 0 Å². The minimum Gasteiger partial charge on any atom is -0.496 e. The second-order valence-electron chi connectivity index (χ2n) is 3.59. The quantitative estimate of drug-likeness (QED) is 0.793. The summed E-state index contributed by atoms with van der Waals surface area (Å²) in [5.41, 5.74) is 0.755. The number of hydrogen-bond donors (Lipinski definition) is 0. The van der Waals surface area contributed by atoms with E-state index in [1.165, 1.54) is 0 Å². The van der Waals surface area contributed by atoms with Crippen LogP contribution in [0.5, 0.6) is 23.1 Å². The molecule has 0 aliphatic carbocycles. The lowest BCUT2D eigenvalue weighted by Crippen LogP contribution is -1.92. The van der Waals surface area contributed by atoms with Crippen molar-refractivity contribution in [3.05, 3.63) is 18.2 Å². The van der Waals surface area contributed by atoms with Crippen molar-refractivity contribution >= 4 is 10.9 Å². The lowest BCUT2D eigenvalue weighted by atomic mass is 10.2. The van der Waals surface area contributed by atoms with Crippen molar-refractivity contribution in [1.29, 1.82) is 0 Å². The van der Waals surface area contributed by atoms with Crippen molar-refractivity contribution in [1.82, 2.24) is 4.98 Å². The fourth-order valence-corrected chi connectivity index (χ4v) is 1.84. The van der Waals surface area contributed by atoms with Gasteiger partial charge in [0, 0.05) is 17.5 Å². The summed E-state index contributed by atoms with van der Waals surface area (Å²) in [6.07, 6.45) is 0. The second kappa shape index (κ2) is 3.69. The third kappa shape index (κ3) is 1.51. The summed E-state index contributed by atoms with van der Waals surface area (Å²) in [6.45, 7) is 0.241. The third-order valence-corrected chi connectivity index (χ3v) is 2.67. The summed E-state index contributed by atoms with van der Waals surface area (Å²) in [7, 11) is 3.18. The molecule has 5 heteroatoms. The van der Waals surface area contributed by atoms with Gasteiger partial charge in [0.25, 0.3) is 0 Å². The van der Waals surface area contributed by atoms with Gasteiger partial charge in [0.15, 0.2) is 11.5 Å². The molecule has 0 saturated heterocycles. The molecule has 5 nitrogen and oxygen atoms in total. The van der Waals surface area contributed by atoms with Gasteiger partial charge in [0.05, 0.1) is 19.7 Å². The number of ether oxygens (including phenoxy) is 4. The number of benzene rings is 1. The maximum Gasteiger partial charge on any atom is 0.231 e. The average molecular weight is 233 g/mol. The molecule has 2 heterocycles. The van der Waals surface area contributed by atoms with Crippen molar-refractivity contribution in [2.45, 2.75) is 0 Å². The van der Waals surface area contributed by atoms with Crippen LogP contribution < -0.4 is 18.9 Å². The van der Waals surface area contributed by atoms with Gasteiger partial charge in [-0.3, -0.25) is 0 Å². The van der Waals surface area contributed by atoms with Crippen LogP contribution in [0.15, 0.2) is 18.2 Å². The molecule has 0 bridgehead atoms. The summed E-state index contributed by atoms with van der Waals surface area (Å²) in [5, 5.41) is 0.873. The molecule has 0 amide bonds. The first-order valence-electron chi connectivity index (χ1n) is 5.14. The average Bonchev–Trinajstić information content (AvgIpc) is 2.81. The number of rotatable bonds is 2. The number of fused-ring (bicyclic) bond motifs is 2. The molecule has 0 spiro atoms. The Balaban J connectivity index is 2.29. The Morgan fingerprint density at radius 2 is 1.82 bits per heavy atom. The monoisotopic (exact) mass is 233 g/mol. The highest BCUT2D eigenvalue weighted by Crippen LogP contribution is 2.39. The molecule has 3 rings (SSSR count). The summed E-state index contributed by atoms with van der Waals surface area (Å²) in [5.74, 6) is 2.61. The van der Waals surface area contributed by atoms with Gasteiger partial charge in [-0.2, -0.15) is 0 Å². The summed E-state index contributed by atoms with van der Waals surface area (Å²) < 4.78 is 21.1. The Hall–Kier alpha value is -2.17. The lowest BCUT2D eigenvalue weighted by Gasteiger charge is -2.08. The van der Waals surface area contributed by atoms with E-state index in [2.05, 4.69) is 4.98 Å². The van der Waals surface area contributed by atoms with Gasteiger partial charge >= 0.3 is 0 Å². The molecule has 0 fully saturated rings. The predicted molar refractivity (Wildman–Crippen MR) is 61.0 cm³/mol. The highest BCUT2D eigenvalue weighted by molar-refractivity contribution is 5.89. The van der Waals surface area contributed by atoms with Crippen LogP contribution in [0.2, 0.25) is 0 Å². The van der Waals surface area contributed by atoms with E-state index in [0.29, 0.717) is 23.1 Å². The van der Waals surface area contributed by atoms with Crippen LogP contribution in [-0.4, -0.2) is 26.0 Å². The van der Waals surface area contributed by atoms with E-state index in [-0.39, 0.29) is 6.79 Å². The molecule has 0 N–H and O–H groups in total. The Kier molecular flexibility index (Phi) is 2.18. The fourth-order valence-electron chi connectivity index (χ4n) is 1.84. The summed E-state index contributed by atoms with van der Waals surface area (Å²) in [6, 6.07) is 5.43. The van der Waals surface area contributed by atoms with Gasteiger partial charge in [0.1, 0.15) is 5.75 Å². The topological polar surface area (TPSA) is 49.8 Å². The molecule has 88 valence electrons. The van der Waals surface area contributed by atoms with E-state index in [9.17, 15) is 0 Å². The zero-order valence-electron chi connectivity index (χ0n) is 9.52. The number of methoxy groups -OCH3 is 2. The summed E-state index contributed by atoms with van der Waals surface area (Å²) in [4.78, 5) is 4.34. The summed E-state index contributed by atoms with van der Waals surface area (Å²) >= 11 is 0. The van der Waals surface area contributed by atoms with E-state index in [4.69, 9.17) is 18.9 Å². The van der Waals surface area contributed by atoms with Crippen LogP contribution in [0.25, 0.3) is 10.9 Å². The van der Waals surface area contributed by atoms with E-state index >= 15 is 0 Å². The van der Waals surface area contributed by atoms with Crippen LogP contribution in [0, 0.1) is 0 Å². The van der Waals surface area contributed by atoms with Crippen LogP contribution >= 0.6 is 0 Å². The molecule has 2 aromatic rings. The van der Waals surface area contributed by atoms with Gasteiger partial charge in [-0.05, 0) is 6.07 Å². The number of hydrogen-bond acceptors (Lipinski definition) is 5. The first-order valence-corrected chi connectivity index (χ1v) is 5.14. The predicted octanol–water partition coefficient (Wildman–Crippen LogP) is 1.98. The highest BCUT2D eigenvalue weighted by atomic mass is 16.7. The van der Waals surface area contributed by atoms with Crippen molar-refractivity contribution in [3.8, 4) is 23.1 Å². The maximum atomic E-state index is 5.33. The molecule has 0 atom stereocenters. The second-order valence-corrected chi connectivity index (χ2v) is 3.59. The van der Waals surface area contributed by atoms with Gasteiger partial charge in [-0.15, -0.1) is 0 Å². The van der Waals surface area contributed by atoms with E-state index in [1.807, 2.05) is 12.1 Å². The minimum atomic E-state index is 0.241. The van der Waals surface area contributed by atoms with Crippen LogP contribution in [0.3, 0.4) is 0 Å². The lowest BCUT2D eigenvalue weighted by molar-refractivity contribution is 0.174. The van der Waals surface area contributed by atoms with Crippen molar-refractivity contribution in [3.63, 3.8) is 0 Å². The Morgan fingerprint density at radius 3 is 2.53 bits per heavy atom. The third-order valence-electron chi connectivity index (χ3n) is 2.67. The van der Waals surface area contributed by atoms with Crippen LogP contribution in [-0.2, 0) is 0 Å². The van der Waals surface area contributed by atoms with Gasteiger partial charge in [-0.25, -0.2) is 4.98 Å². The molecule has 1 aliphatic rings. The number of aromatic nitrogens is 1. The molecular formula is C12H11NO4. The van der Waals surface area contributed by atoms with E-state index < -0.39 is 0 Å². The van der Waals surface area contributed by atoms with E-state index in [1.54, 1.807) is 20.3 Å². The molecule has 0 unspecified atom stereocenters. The zero-order valence-corrected chi connectivity index (χ0v) is 9.52. The molecule has 0 radical (unpaired) electrons. The van der Waals surface area contributed by atoms with Crippen molar-refractivity contribution in [2.24, 2.45) is 0 Å². The zero-order chi connectivity index (χ0) is 11.8. The smallest absolute Gasteiger partial charge is 0.231 e. The molecule has 1 aliphatic heterocycles. The first kappa shape index (κ1) is 10.0.